The standard InChI is InChI=1S/C19H27N5O/c1-13-9-14(2)18(15(3)10-13)23-17-12-21-16(11-22-17)19(25)20-7-6-8-24(4)5/h9-12H,6-8H2,1-5H3,(H,20,25)(H,22,23). The van der Waals surface area contributed by atoms with Gasteiger partial charge in [-0.15, -0.1) is 0 Å². The molecule has 0 spiro atoms. The third-order valence-electron chi connectivity index (χ3n) is 3.88. The SMILES string of the molecule is Cc1cc(C)c(Nc2cnc(C(=O)NCCCN(C)C)cn2)c(C)c1. The highest BCUT2D eigenvalue weighted by atomic mass is 16.1. The first kappa shape index (κ1) is 18.9. The number of carbonyl (C=O) groups is 1. The summed E-state index contributed by atoms with van der Waals surface area (Å²) in [6.07, 6.45) is 3.99. The molecule has 0 fully saturated rings. The number of nitrogens with one attached hydrogen (secondary N) is 2. The van der Waals surface area contributed by atoms with E-state index in [9.17, 15) is 4.79 Å². The predicted molar refractivity (Wildman–Crippen MR) is 101 cm³/mol. The molecule has 0 unspecified atom stereocenters. The summed E-state index contributed by atoms with van der Waals surface area (Å²) in [5.41, 5.74) is 4.89. The molecule has 1 aromatic carbocycles. The van der Waals surface area contributed by atoms with E-state index >= 15 is 0 Å². The van der Waals surface area contributed by atoms with E-state index in [-0.39, 0.29) is 5.91 Å². The Hall–Kier alpha value is -2.47. The van der Waals surface area contributed by atoms with Crippen LogP contribution in [0.25, 0.3) is 0 Å². The fraction of sp³-hybridized carbons (Fsp3) is 0.421. The molecule has 6 heteroatoms. The summed E-state index contributed by atoms with van der Waals surface area (Å²) in [5, 5.41) is 6.15. The Labute approximate surface area is 149 Å². The number of hydrogen-bond acceptors (Lipinski definition) is 5. The van der Waals surface area contributed by atoms with Crippen molar-refractivity contribution in [3.63, 3.8) is 0 Å². The second-order valence-electron chi connectivity index (χ2n) is 6.60. The molecule has 134 valence electrons. The van der Waals surface area contributed by atoms with Gasteiger partial charge in [0, 0.05) is 12.2 Å². The molecule has 6 nitrogen and oxygen atoms in total. The molecular formula is C19H27N5O. The number of amides is 1. The van der Waals surface area contributed by atoms with Crippen LogP contribution < -0.4 is 10.6 Å². The largest absolute Gasteiger partial charge is 0.351 e. The summed E-state index contributed by atoms with van der Waals surface area (Å²) in [6, 6.07) is 4.25. The smallest absolute Gasteiger partial charge is 0.271 e. The number of benzene rings is 1. The summed E-state index contributed by atoms with van der Waals surface area (Å²) >= 11 is 0. The Balaban J connectivity index is 1.97. The summed E-state index contributed by atoms with van der Waals surface area (Å²) in [6.45, 7) is 7.76. The normalized spacial score (nSPS) is 10.8. The molecule has 0 aliphatic heterocycles. The van der Waals surface area contributed by atoms with Gasteiger partial charge in [-0.1, -0.05) is 17.7 Å². The van der Waals surface area contributed by atoms with Gasteiger partial charge in [-0.2, -0.15) is 0 Å². The molecule has 2 N–H and O–H groups in total. The van der Waals surface area contributed by atoms with E-state index in [1.165, 1.54) is 11.8 Å². The fourth-order valence-corrected chi connectivity index (χ4v) is 2.70. The maximum atomic E-state index is 12.1. The van der Waals surface area contributed by atoms with Crippen LogP contribution in [0.1, 0.15) is 33.6 Å². The Bertz CT molecular complexity index is 702. The van der Waals surface area contributed by atoms with Crippen LogP contribution in [0.2, 0.25) is 0 Å². The van der Waals surface area contributed by atoms with Crippen molar-refractivity contribution in [2.45, 2.75) is 27.2 Å². The lowest BCUT2D eigenvalue weighted by molar-refractivity contribution is 0.0947. The van der Waals surface area contributed by atoms with Crippen molar-refractivity contribution in [3.8, 4) is 0 Å². The number of anilines is 2. The fourth-order valence-electron chi connectivity index (χ4n) is 2.70. The van der Waals surface area contributed by atoms with Crippen LogP contribution in [-0.4, -0.2) is 48.0 Å². The second kappa shape index (κ2) is 8.58. The predicted octanol–water partition coefficient (Wildman–Crippen LogP) is 2.83. The Morgan fingerprint density at radius 1 is 1.08 bits per heavy atom. The number of aromatic nitrogens is 2. The van der Waals surface area contributed by atoms with Crippen molar-refractivity contribution in [1.29, 1.82) is 0 Å². The first-order valence-electron chi connectivity index (χ1n) is 8.46. The highest BCUT2D eigenvalue weighted by Gasteiger charge is 2.09. The van der Waals surface area contributed by atoms with Crippen molar-refractivity contribution in [3.05, 3.63) is 46.9 Å². The average Bonchev–Trinajstić information content (AvgIpc) is 2.55. The first-order valence-corrected chi connectivity index (χ1v) is 8.46. The highest BCUT2D eigenvalue weighted by molar-refractivity contribution is 5.92. The van der Waals surface area contributed by atoms with Gasteiger partial charge in [0.15, 0.2) is 0 Å². The van der Waals surface area contributed by atoms with Gasteiger partial charge in [0.1, 0.15) is 11.5 Å². The van der Waals surface area contributed by atoms with Gasteiger partial charge in [0.2, 0.25) is 0 Å². The van der Waals surface area contributed by atoms with Gasteiger partial charge in [-0.05, 0) is 59.0 Å². The molecule has 0 atom stereocenters. The zero-order chi connectivity index (χ0) is 18.4. The summed E-state index contributed by atoms with van der Waals surface area (Å²) in [7, 11) is 4.02. The molecule has 0 radical (unpaired) electrons. The van der Waals surface area contributed by atoms with Crippen molar-refractivity contribution < 1.29 is 4.79 Å². The first-order chi connectivity index (χ1) is 11.9. The van der Waals surface area contributed by atoms with Gasteiger partial charge in [-0.3, -0.25) is 4.79 Å². The average molecular weight is 341 g/mol. The monoisotopic (exact) mass is 341 g/mol. The van der Waals surface area contributed by atoms with Crippen molar-refractivity contribution in [2.75, 3.05) is 32.5 Å². The highest BCUT2D eigenvalue weighted by Crippen LogP contribution is 2.24. The van der Waals surface area contributed by atoms with Crippen LogP contribution in [0, 0.1) is 20.8 Å². The lowest BCUT2D eigenvalue weighted by atomic mass is 10.1. The van der Waals surface area contributed by atoms with E-state index < -0.39 is 0 Å². The molecule has 2 aromatic rings. The number of hydrogen-bond donors (Lipinski definition) is 2. The number of nitrogens with zero attached hydrogens (tertiary/aromatic N) is 3. The number of aryl methyl sites for hydroxylation is 3. The maximum Gasteiger partial charge on any atom is 0.271 e. The third-order valence-corrected chi connectivity index (χ3v) is 3.88. The van der Waals surface area contributed by atoms with E-state index in [1.54, 1.807) is 6.20 Å². The quantitative estimate of drug-likeness (QED) is 0.758. The molecule has 1 amide bonds. The van der Waals surface area contributed by atoms with Crippen molar-refractivity contribution in [2.24, 2.45) is 0 Å². The molecule has 0 bridgehead atoms. The van der Waals surface area contributed by atoms with Crippen LogP contribution in [0.5, 0.6) is 0 Å². The van der Waals surface area contributed by atoms with Gasteiger partial charge >= 0.3 is 0 Å². The third kappa shape index (κ3) is 5.53. The van der Waals surface area contributed by atoms with Gasteiger partial charge < -0.3 is 15.5 Å². The molecule has 0 saturated heterocycles. The second-order valence-corrected chi connectivity index (χ2v) is 6.60. The topological polar surface area (TPSA) is 70.2 Å². The lowest BCUT2D eigenvalue weighted by Gasteiger charge is -2.13. The van der Waals surface area contributed by atoms with E-state index in [2.05, 4.69) is 58.4 Å². The van der Waals surface area contributed by atoms with Gasteiger partial charge in [0.25, 0.3) is 5.91 Å². The Morgan fingerprint density at radius 3 is 2.32 bits per heavy atom. The Kier molecular flexibility index (Phi) is 6.47. The number of rotatable bonds is 7. The van der Waals surface area contributed by atoms with E-state index in [0.717, 1.165) is 29.8 Å². The van der Waals surface area contributed by atoms with Crippen LogP contribution in [0.3, 0.4) is 0 Å². The number of carbonyl (C=O) groups excluding carboxylic acids is 1. The van der Waals surface area contributed by atoms with E-state index in [0.29, 0.717) is 18.1 Å². The van der Waals surface area contributed by atoms with Crippen LogP contribution in [-0.2, 0) is 0 Å². The van der Waals surface area contributed by atoms with Gasteiger partial charge in [0.05, 0.1) is 12.4 Å². The van der Waals surface area contributed by atoms with Crippen molar-refractivity contribution >= 4 is 17.4 Å². The van der Waals surface area contributed by atoms with Crippen LogP contribution >= 0.6 is 0 Å². The molecule has 2 rings (SSSR count). The van der Waals surface area contributed by atoms with E-state index in [4.69, 9.17) is 0 Å². The lowest BCUT2D eigenvalue weighted by Crippen LogP contribution is -2.27. The molecule has 1 heterocycles. The maximum absolute atomic E-state index is 12.1. The summed E-state index contributed by atoms with van der Waals surface area (Å²) < 4.78 is 0. The minimum absolute atomic E-state index is 0.194. The molecule has 0 aliphatic rings. The van der Waals surface area contributed by atoms with Crippen molar-refractivity contribution in [1.82, 2.24) is 20.2 Å². The van der Waals surface area contributed by atoms with E-state index in [1.807, 2.05) is 14.1 Å². The zero-order valence-corrected chi connectivity index (χ0v) is 15.7. The minimum Gasteiger partial charge on any atom is -0.351 e. The molecular weight excluding hydrogens is 314 g/mol. The van der Waals surface area contributed by atoms with Crippen LogP contribution in [0.15, 0.2) is 24.5 Å². The zero-order valence-electron chi connectivity index (χ0n) is 15.7. The summed E-state index contributed by atoms with van der Waals surface area (Å²) in [4.78, 5) is 22.7. The molecule has 25 heavy (non-hydrogen) atoms. The minimum atomic E-state index is -0.194. The van der Waals surface area contributed by atoms with Gasteiger partial charge in [-0.25, -0.2) is 9.97 Å². The Morgan fingerprint density at radius 2 is 1.76 bits per heavy atom. The molecule has 1 aromatic heterocycles. The van der Waals surface area contributed by atoms with Crippen LogP contribution in [0.4, 0.5) is 11.5 Å². The molecule has 0 saturated carbocycles. The summed E-state index contributed by atoms with van der Waals surface area (Å²) in [5.74, 6) is 0.430. The molecule has 0 aliphatic carbocycles.